The zero-order valence-electron chi connectivity index (χ0n) is 16.5. The average molecular weight is 431 g/mol. The fraction of sp³-hybridized carbons (Fsp3) is 0.316. The van der Waals surface area contributed by atoms with Crippen LogP contribution in [0.3, 0.4) is 0 Å². The monoisotopic (exact) mass is 430 g/mol. The van der Waals surface area contributed by atoms with E-state index in [1.165, 1.54) is 23.5 Å². The first kappa shape index (κ1) is 21.1. The zero-order chi connectivity index (χ0) is 20.8. The van der Waals surface area contributed by atoms with E-state index in [4.69, 9.17) is 10.5 Å². The Morgan fingerprint density at radius 1 is 1.10 bits per heavy atom. The van der Waals surface area contributed by atoms with Crippen LogP contribution in [-0.4, -0.2) is 43.0 Å². The maximum Gasteiger partial charge on any atom is 0.227 e. The lowest BCUT2D eigenvalue weighted by Crippen LogP contribution is -2.14. The van der Waals surface area contributed by atoms with Crippen LogP contribution in [-0.2, 0) is 10.5 Å². The number of aryl methyl sites for hydroxylation is 2. The van der Waals surface area contributed by atoms with Crippen LogP contribution in [0.1, 0.15) is 24.1 Å². The second-order valence-electron chi connectivity index (χ2n) is 6.14. The molecule has 0 fully saturated rings. The predicted octanol–water partition coefficient (Wildman–Crippen LogP) is 2.94. The quantitative estimate of drug-likeness (QED) is 0.408. The van der Waals surface area contributed by atoms with Crippen molar-refractivity contribution in [3.63, 3.8) is 0 Å². The third-order valence-electron chi connectivity index (χ3n) is 3.74. The van der Waals surface area contributed by atoms with Crippen molar-refractivity contribution in [1.29, 1.82) is 0 Å². The van der Waals surface area contributed by atoms with Crippen LogP contribution in [0.4, 0.5) is 0 Å². The van der Waals surface area contributed by atoms with Gasteiger partial charge in [0.2, 0.25) is 5.91 Å². The van der Waals surface area contributed by atoms with Gasteiger partial charge in [0.15, 0.2) is 10.3 Å². The first-order valence-electron chi connectivity index (χ1n) is 9.00. The molecular formula is C19H22N6O2S2. The molecule has 0 aliphatic heterocycles. The molecule has 0 saturated carbocycles. The zero-order valence-corrected chi connectivity index (χ0v) is 18.1. The van der Waals surface area contributed by atoms with Crippen LogP contribution >= 0.6 is 23.5 Å². The minimum atomic E-state index is -0.407. The molecule has 0 saturated heterocycles. The van der Waals surface area contributed by atoms with E-state index >= 15 is 0 Å². The highest BCUT2D eigenvalue weighted by Crippen LogP contribution is 2.27. The van der Waals surface area contributed by atoms with Crippen molar-refractivity contribution in [3.05, 3.63) is 47.5 Å². The molecule has 0 unspecified atom stereocenters. The van der Waals surface area contributed by atoms with E-state index in [0.717, 1.165) is 28.6 Å². The molecule has 8 nitrogen and oxygen atoms in total. The number of thioether (sulfide) groups is 2. The summed E-state index contributed by atoms with van der Waals surface area (Å²) in [5.74, 6) is 1.77. The Balaban J connectivity index is 1.88. The van der Waals surface area contributed by atoms with Gasteiger partial charge in [-0.15, -0.1) is 10.2 Å². The molecule has 1 aromatic carbocycles. The van der Waals surface area contributed by atoms with Gasteiger partial charge in [-0.2, -0.15) is 0 Å². The van der Waals surface area contributed by atoms with Gasteiger partial charge in [-0.3, -0.25) is 9.36 Å². The third kappa shape index (κ3) is 5.70. The minimum Gasteiger partial charge on any atom is -0.494 e. The number of hydrogen-bond donors (Lipinski definition) is 1. The van der Waals surface area contributed by atoms with Gasteiger partial charge in [0.25, 0.3) is 0 Å². The number of amides is 1. The molecule has 0 bridgehead atoms. The van der Waals surface area contributed by atoms with Gasteiger partial charge >= 0.3 is 0 Å². The summed E-state index contributed by atoms with van der Waals surface area (Å²) in [5, 5.41) is 9.87. The summed E-state index contributed by atoms with van der Waals surface area (Å²) in [6.45, 7) is 6.43. The van der Waals surface area contributed by atoms with Crippen LogP contribution in [0, 0.1) is 13.8 Å². The highest BCUT2D eigenvalue weighted by molar-refractivity contribution is 7.99. The van der Waals surface area contributed by atoms with Gasteiger partial charge in [-0.25, -0.2) is 9.97 Å². The van der Waals surface area contributed by atoms with Crippen molar-refractivity contribution >= 4 is 29.4 Å². The average Bonchev–Trinajstić information content (AvgIpc) is 3.08. The van der Waals surface area contributed by atoms with E-state index < -0.39 is 5.91 Å². The highest BCUT2D eigenvalue weighted by atomic mass is 32.2. The fourth-order valence-electron chi connectivity index (χ4n) is 2.63. The summed E-state index contributed by atoms with van der Waals surface area (Å²) in [4.78, 5) is 20.1. The Morgan fingerprint density at radius 3 is 2.41 bits per heavy atom. The number of carbonyl (C=O) groups excluding carboxylic acids is 1. The predicted molar refractivity (Wildman–Crippen MR) is 114 cm³/mol. The molecule has 2 heterocycles. The lowest BCUT2D eigenvalue weighted by Gasteiger charge is -2.11. The van der Waals surface area contributed by atoms with E-state index in [-0.39, 0.29) is 5.75 Å². The SMILES string of the molecule is CCOc1ccc(-n2c(CSc3nc(C)cc(C)n3)nnc2SCC(N)=O)cc1. The number of carbonyl (C=O) groups is 1. The number of rotatable bonds is 9. The van der Waals surface area contributed by atoms with Crippen molar-refractivity contribution in [1.82, 2.24) is 24.7 Å². The maximum atomic E-state index is 11.2. The summed E-state index contributed by atoms with van der Waals surface area (Å²) in [7, 11) is 0. The van der Waals surface area contributed by atoms with Gasteiger partial charge in [0.05, 0.1) is 18.1 Å². The molecule has 0 aliphatic rings. The number of ether oxygens (including phenoxy) is 1. The van der Waals surface area contributed by atoms with Crippen LogP contribution in [0.25, 0.3) is 5.69 Å². The van der Waals surface area contributed by atoms with Gasteiger partial charge < -0.3 is 10.5 Å². The molecule has 0 radical (unpaired) electrons. The van der Waals surface area contributed by atoms with E-state index in [0.29, 0.717) is 22.7 Å². The second kappa shape index (κ2) is 9.75. The normalized spacial score (nSPS) is 10.9. The number of nitrogens with two attached hydrogens (primary N) is 1. The van der Waals surface area contributed by atoms with E-state index in [9.17, 15) is 4.79 Å². The number of benzene rings is 1. The van der Waals surface area contributed by atoms with Crippen molar-refractivity contribution in [2.24, 2.45) is 5.73 Å². The van der Waals surface area contributed by atoms with Gasteiger partial charge in [-0.05, 0) is 51.1 Å². The molecule has 3 rings (SSSR count). The Bertz CT molecular complexity index is 971. The topological polar surface area (TPSA) is 109 Å². The summed E-state index contributed by atoms with van der Waals surface area (Å²) in [6, 6.07) is 9.59. The van der Waals surface area contributed by atoms with Gasteiger partial charge in [-0.1, -0.05) is 23.5 Å². The molecule has 152 valence electrons. The number of nitrogens with zero attached hydrogens (tertiary/aromatic N) is 5. The Labute approximate surface area is 177 Å². The smallest absolute Gasteiger partial charge is 0.227 e. The van der Waals surface area contributed by atoms with Crippen molar-refractivity contribution in [2.45, 2.75) is 36.8 Å². The van der Waals surface area contributed by atoms with Crippen molar-refractivity contribution < 1.29 is 9.53 Å². The van der Waals surface area contributed by atoms with E-state index in [1.807, 2.05) is 55.7 Å². The maximum absolute atomic E-state index is 11.2. The summed E-state index contributed by atoms with van der Waals surface area (Å²) in [6.07, 6.45) is 0. The highest BCUT2D eigenvalue weighted by Gasteiger charge is 2.16. The first-order valence-corrected chi connectivity index (χ1v) is 11.0. The summed E-state index contributed by atoms with van der Waals surface area (Å²) < 4.78 is 7.43. The van der Waals surface area contributed by atoms with E-state index in [2.05, 4.69) is 20.2 Å². The molecule has 0 aliphatic carbocycles. The largest absolute Gasteiger partial charge is 0.494 e. The Hall–Kier alpha value is -2.59. The van der Waals surface area contributed by atoms with Gasteiger partial charge in [0.1, 0.15) is 11.6 Å². The number of primary amides is 1. The fourth-order valence-corrected chi connectivity index (χ4v) is 4.20. The van der Waals surface area contributed by atoms with Gasteiger partial charge in [0, 0.05) is 17.1 Å². The lowest BCUT2D eigenvalue weighted by atomic mass is 10.3. The molecule has 1 amide bonds. The van der Waals surface area contributed by atoms with Crippen LogP contribution < -0.4 is 10.5 Å². The molecule has 2 N–H and O–H groups in total. The summed E-state index contributed by atoms with van der Waals surface area (Å²) >= 11 is 2.74. The van der Waals surface area contributed by atoms with Crippen molar-refractivity contribution in [3.8, 4) is 11.4 Å². The summed E-state index contributed by atoms with van der Waals surface area (Å²) in [5.41, 5.74) is 8.02. The molecule has 2 aromatic heterocycles. The molecule has 29 heavy (non-hydrogen) atoms. The molecule has 0 spiro atoms. The first-order chi connectivity index (χ1) is 14.0. The second-order valence-corrected chi connectivity index (χ2v) is 8.02. The molecular weight excluding hydrogens is 408 g/mol. The van der Waals surface area contributed by atoms with E-state index in [1.54, 1.807) is 0 Å². The Kier molecular flexibility index (Phi) is 7.10. The Morgan fingerprint density at radius 2 is 1.79 bits per heavy atom. The van der Waals surface area contributed by atoms with Crippen LogP contribution in [0.15, 0.2) is 40.6 Å². The molecule has 3 aromatic rings. The molecule has 0 atom stereocenters. The molecule has 10 heteroatoms. The minimum absolute atomic E-state index is 0.127. The third-order valence-corrected chi connectivity index (χ3v) is 5.54. The standard InChI is InChI=1S/C19H22N6O2S2/c1-4-27-15-7-5-14(6-8-15)25-17(23-24-19(25)29-10-16(20)26)11-28-18-21-12(2)9-13(3)22-18/h5-9H,4,10-11H2,1-3H3,(H2,20,26). The van der Waals surface area contributed by atoms with Crippen molar-refractivity contribution in [2.75, 3.05) is 12.4 Å². The lowest BCUT2D eigenvalue weighted by molar-refractivity contribution is -0.115. The van der Waals surface area contributed by atoms with Crippen LogP contribution in [0.2, 0.25) is 0 Å². The number of hydrogen-bond acceptors (Lipinski definition) is 8. The van der Waals surface area contributed by atoms with Crippen LogP contribution in [0.5, 0.6) is 5.75 Å². The number of aromatic nitrogens is 5.